The van der Waals surface area contributed by atoms with E-state index in [1.54, 1.807) is 6.20 Å². The maximum atomic E-state index is 4.64. The second kappa shape index (κ2) is 5.89. The van der Waals surface area contributed by atoms with Gasteiger partial charge in [-0.15, -0.1) is 10.2 Å². The van der Waals surface area contributed by atoms with Gasteiger partial charge in [-0.05, 0) is 10.8 Å². The third-order valence-corrected chi connectivity index (χ3v) is 4.24. The fourth-order valence-electron chi connectivity index (χ4n) is 3.07. The first kappa shape index (κ1) is 14.5. The topological polar surface area (TPSA) is 84.6 Å². The number of rotatable bonds is 3. The molecule has 124 valence electrons. The molecule has 0 bridgehead atoms. The molecule has 0 spiro atoms. The summed E-state index contributed by atoms with van der Waals surface area (Å²) < 4.78 is 1.84. The Hall–Kier alpha value is -3.87. The van der Waals surface area contributed by atoms with E-state index in [1.165, 1.54) is 0 Å². The quantitative estimate of drug-likeness (QED) is 0.545. The Labute approximate surface area is 148 Å². The molecule has 0 unspecified atom stereocenters. The van der Waals surface area contributed by atoms with Gasteiger partial charge < -0.3 is 0 Å². The van der Waals surface area contributed by atoms with Gasteiger partial charge in [-0.1, -0.05) is 60.7 Å². The van der Waals surface area contributed by atoms with E-state index < -0.39 is 0 Å². The van der Waals surface area contributed by atoms with Crippen molar-refractivity contribution in [2.45, 2.75) is 0 Å². The zero-order valence-electron chi connectivity index (χ0n) is 13.6. The summed E-state index contributed by atoms with van der Waals surface area (Å²) in [6.07, 6.45) is 3.59. The smallest absolute Gasteiger partial charge is 0.210 e. The second-order valence-corrected chi connectivity index (χ2v) is 5.78. The first-order valence-electron chi connectivity index (χ1n) is 8.13. The van der Waals surface area contributed by atoms with Gasteiger partial charge in [-0.3, -0.25) is 0 Å². The third-order valence-electron chi connectivity index (χ3n) is 4.24. The Bertz CT molecular complexity index is 1160. The molecular weight excluding hydrogens is 326 g/mol. The Balaban J connectivity index is 1.84. The summed E-state index contributed by atoms with van der Waals surface area (Å²) >= 11 is 0. The van der Waals surface area contributed by atoms with Crippen molar-refractivity contribution in [1.29, 1.82) is 0 Å². The number of benzene rings is 2. The van der Waals surface area contributed by atoms with Gasteiger partial charge in [0, 0.05) is 17.3 Å². The molecule has 0 radical (unpaired) electrons. The largest absolute Gasteiger partial charge is 0.236 e. The van der Waals surface area contributed by atoms with Gasteiger partial charge in [-0.2, -0.15) is 10.3 Å². The zero-order valence-corrected chi connectivity index (χ0v) is 13.6. The van der Waals surface area contributed by atoms with Crippen LogP contribution in [0.2, 0.25) is 0 Å². The average molecular weight is 339 g/mol. The van der Waals surface area contributed by atoms with Gasteiger partial charge in [0.1, 0.15) is 0 Å². The molecule has 0 saturated heterocycles. The second-order valence-electron chi connectivity index (χ2n) is 5.78. The lowest BCUT2D eigenvalue weighted by molar-refractivity contribution is 0.881. The fourth-order valence-corrected chi connectivity index (χ4v) is 3.07. The van der Waals surface area contributed by atoms with Crippen LogP contribution in [0, 0.1) is 0 Å². The van der Waals surface area contributed by atoms with Gasteiger partial charge in [0.05, 0.1) is 17.5 Å². The van der Waals surface area contributed by atoms with Crippen LogP contribution in [0.3, 0.4) is 0 Å². The molecule has 5 aromatic rings. The van der Waals surface area contributed by atoms with Crippen molar-refractivity contribution >= 4 is 5.65 Å². The van der Waals surface area contributed by atoms with E-state index in [1.807, 2.05) is 47.1 Å². The minimum atomic E-state index is 0.471. The minimum absolute atomic E-state index is 0.471. The fraction of sp³-hybridized carbons (Fsp3) is 0. The molecule has 0 saturated carbocycles. The van der Waals surface area contributed by atoms with Crippen LogP contribution in [-0.4, -0.2) is 35.2 Å². The van der Waals surface area contributed by atoms with E-state index >= 15 is 0 Å². The molecule has 0 aliphatic carbocycles. The van der Waals surface area contributed by atoms with E-state index in [9.17, 15) is 0 Å². The Morgan fingerprint density at radius 1 is 0.769 bits per heavy atom. The van der Waals surface area contributed by atoms with E-state index in [0.29, 0.717) is 11.5 Å². The SMILES string of the molecule is c1ccc(-c2cnc3c(-c4nn[nH]n4)cnn3c2-c2ccccc2)cc1. The number of hydrogen-bond acceptors (Lipinski definition) is 5. The lowest BCUT2D eigenvalue weighted by Gasteiger charge is -2.12. The van der Waals surface area contributed by atoms with Crippen LogP contribution in [0.25, 0.3) is 39.4 Å². The predicted molar refractivity (Wildman–Crippen MR) is 97.0 cm³/mol. The number of aromatic nitrogens is 7. The van der Waals surface area contributed by atoms with Crippen LogP contribution >= 0.6 is 0 Å². The lowest BCUT2D eigenvalue weighted by Crippen LogP contribution is -2.00. The summed E-state index contributed by atoms with van der Waals surface area (Å²) in [5.74, 6) is 0.471. The molecule has 7 nitrogen and oxygen atoms in total. The summed E-state index contributed by atoms with van der Waals surface area (Å²) in [6.45, 7) is 0. The molecule has 1 N–H and O–H groups in total. The number of aromatic amines is 1. The molecule has 0 aliphatic heterocycles. The number of hydrogen-bond donors (Lipinski definition) is 1. The molecule has 5 rings (SSSR count). The van der Waals surface area contributed by atoms with Crippen molar-refractivity contribution in [1.82, 2.24) is 35.2 Å². The standard InChI is InChI=1S/C19H13N7/c1-3-7-13(8-4-1)15-11-20-19-16(18-22-24-25-23-18)12-21-26(19)17(15)14-9-5-2-6-10-14/h1-12H,(H,22,23,24,25). The average Bonchev–Trinajstić information content (AvgIpc) is 3.38. The van der Waals surface area contributed by atoms with Gasteiger partial charge in [0.25, 0.3) is 0 Å². The van der Waals surface area contributed by atoms with Crippen molar-refractivity contribution < 1.29 is 0 Å². The number of fused-ring (bicyclic) bond motifs is 1. The first-order chi connectivity index (χ1) is 12.9. The van der Waals surface area contributed by atoms with Gasteiger partial charge >= 0.3 is 0 Å². The van der Waals surface area contributed by atoms with Gasteiger partial charge in [-0.25, -0.2) is 9.50 Å². The van der Waals surface area contributed by atoms with Crippen LogP contribution in [0.1, 0.15) is 0 Å². The minimum Gasteiger partial charge on any atom is -0.236 e. The molecule has 0 fully saturated rings. The van der Waals surface area contributed by atoms with Crippen molar-refractivity contribution in [3.8, 4) is 33.8 Å². The van der Waals surface area contributed by atoms with Crippen LogP contribution in [0.4, 0.5) is 0 Å². The first-order valence-corrected chi connectivity index (χ1v) is 8.13. The summed E-state index contributed by atoms with van der Waals surface area (Å²) in [5, 5.41) is 18.8. The van der Waals surface area contributed by atoms with Crippen molar-refractivity contribution in [2.24, 2.45) is 0 Å². The molecule has 0 amide bonds. The van der Waals surface area contributed by atoms with Crippen LogP contribution in [-0.2, 0) is 0 Å². The molecule has 7 heteroatoms. The lowest BCUT2D eigenvalue weighted by atomic mass is 10.0. The van der Waals surface area contributed by atoms with Crippen LogP contribution in [0.5, 0.6) is 0 Å². The maximum absolute atomic E-state index is 4.64. The third kappa shape index (κ3) is 2.26. The Morgan fingerprint density at radius 2 is 1.50 bits per heavy atom. The Morgan fingerprint density at radius 3 is 2.19 bits per heavy atom. The Kier molecular flexibility index (Phi) is 3.28. The molecule has 26 heavy (non-hydrogen) atoms. The maximum Gasteiger partial charge on any atom is 0.210 e. The molecule has 3 aromatic heterocycles. The number of tetrazole rings is 1. The number of nitrogens with one attached hydrogen (secondary N) is 1. The molecular formula is C19H13N7. The van der Waals surface area contributed by atoms with E-state index in [2.05, 4.69) is 55.0 Å². The van der Waals surface area contributed by atoms with Gasteiger partial charge in [0.2, 0.25) is 5.82 Å². The summed E-state index contributed by atoms with van der Waals surface area (Å²) in [7, 11) is 0. The van der Waals surface area contributed by atoms with E-state index in [0.717, 1.165) is 27.9 Å². The van der Waals surface area contributed by atoms with E-state index in [4.69, 9.17) is 0 Å². The predicted octanol–water partition coefficient (Wildman–Crippen LogP) is 3.24. The summed E-state index contributed by atoms with van der Waals surface area (Å²) in [5.41, 5.74) is 5.53. The molecule has 0 atom stereocenters. The highest BCUT2D eigenvalue weighted by atomic mass is 15.5. The highest BCUT2D eigenvalue weighted by Crippen LogP contribution is 2.33. The number of nitrogens with zero attached hydrogens (tertiary/aromatic N) is 6. The monoisotopic (exact) mass is 339 g/mol. The van der Waals surface area contributed by atoms with Crippen LogP contribution in [0.15, 0.2) is 73.1 Å². The zero-order chi connectivity index (χ0) is 17.3. The van der Waals surface area contributed by atoms with Crippen LogP contribution < -0.4 is 0 Å². The number of H-pyrrole nitrogens is 1. The normalized spacial score (nSPS) is 11.1. The highest BCUT2D eigenvalue weighted by Gasteiger charge is 2.18. The van der Waals surface area contributed by atoms with Gasteiger partial charge in [0.15, 0.2) is 5.65 Å². The van der Waals surface area contributed by atoms with Crippen molar-refractivity contribution in [3.63, 3.8) is 0 Å². The van der Waals surface area contributed by atoms with Crippen molar-refractivity contribution in [3.05, 3.63) is 73.1 Å². The summed E-state index contributed by atoms with van der Waals surface area (Å²) in [6, 6.07) is 20.3. The van der Waals surface area contributed by atoms with E-state index in [-0.39, 0.29) is 0 Å². The highest BCUT2D eigenvalue weighted by molar-refractivity contribution is 5.84. The summed E-state index contributed by atoms with van der Waals surface area (Å²) in [4.78, 5) is 4.64. The molecule has 0 aliphatic rings. The molecule has 3 heterocycles. The van der Waals surface area contributed by atoms with Crippen molar-refractivity contribution in [2.75, 3.05) is 0 Å². The molecule has 2 aromatic carbocycles.